The summed E-state index contributed by atoms with van der Waals surface area (Å²) in [6.45, 7) is 2.07. The molecule has 0 saturated carbocycles. The van der Waals surface area contributed by atoms with Crippen LogP contribution in [0.5, 0.6) is 0 Å². The second-order valence-corrected chi connectivity index (χ2v) is 8.06. The second kappa shape index (κ2) is 9.93. The minimum Gasteiger partial charge on any atom is -0.465 e. The number of halogens is 1. The highest BCUT2D eigenvalue weighted by Gasteiger charge is 2.26. The van der Waals surface area contributed by atoms with Crippen LogP contribution in [-0.2, 0) is 16.1 Å². The molecule has 1 amide bonds. The summed E-state index contributed by atoms with van der Waals surface area (Å²) in [5.74, 6) is 0.585. The van der Waals surface area contributed by atoms with E-state index < -0.39 is 5.97 Å². The number of carbonyl (C=O) groups is 2. The number of methoxy groups -OCH3 is 1. The molecule has 0 unspecified atom stereocenters. The molecule has 1 saturated heterocycles. The van der Waals surface area contributed by atoms with E-state index in [1.807, 2.05) is 12.1 Å². The van der Waals surface area contributed by atoms with Crippen molar-refractivity contribution >= 4 is 29.2 Å². The third kappa shape index (κ3) is 5.33. The van der Waals surface area contributed by atoms with Crippen molar-refractivity contribution in [1.29, 1.82) is 0 Å². The summed E-state index contributed by atoms with van der Waals surface area (Å²) in [5.41, 5.74) is 1.95. The topological polar surface area (TPSA) is 97.6 Å². The summed E-state index contributed by atoms with van der Waals surface area (Å²) in [6, 6.07) is 13.9. The van der Waals surface area contributed by atoms with Crippen molar-refractivity contribution in [1.82, 2.24) is 15.0 Å². The van der Waals surface area contributed by atoms with Gasteiger partial charge in [0.1, 0.15) is 0 Å². The van der Waals surface area contributed by atoms with Crippen LogP contribution in [0.2, 0.25) is 5.02 Å². The van der Waals surface area contributed by atoms with E-state index in [1.54, 1.807) is 36.4 Å². The Morgan fingerprint density at radius 2 is 1.81 bits per heavy atom. The van der Waals surface area contributed by atoms with E-state index in [1.165, 1.54) is 7.11 Å². The smallest absolute Gasteiger partial charge is 0.337 e. The lowest BCUT2D eigenvalue weighted by atomic mass is 9.96. The van der Waals surface area contributed by atoms with Gasteiger partial charge in [0, 0.05) is 22.2 Å². The number of hydrogen-bond acceptors (Lipinski definition) is 7. The van der Waals surface area contributed by atoms with Gasteiger partial charge in [0.15, 0.2) is 0 Å². The van der Waals surface area contributed by atoms with E-state index in [0.29, 0.717) is 34.5 Å². The predicted octanol–water partition coefficient (Wildman–Crippen LogP) is 4.03. The zero-order chi connectivity index (χ0) is 22.5. The van der Waals surface area contributed by atoms with E-state index in [9.17, 15) is 9.59 Å². The summed E-state index contributed by atoms with van der Waals surface area (Å²) < 4.78 is 10.1. The average Bonchev–Trinajstić information content (AvgIpc) is 3.28. The van der Waals surface area contributed by atoms with Crippen molar-refractivity contribution in [3.63, 3.8) is 0 Å². The van der Waals surface area contributed by atoms with Crippen LogP contribution >= 0.6 is 11.6 Å². The van der Waals surface area contributed by atoms with Gasteiger partial charge in [-0.1, -0.05) is 16.8 Å². The molecule has 1 fully saturated rings. The molecule has 2 heterocycles. The number of hydrogen-bond donors (Lipinski definition) is 1. The molecule has 0 spiro atoms. The summed E-state index contributed by atoms with van der Waals surface area (Å²) in [6.07, 6.45) is 1.48. The zero-order valence-electron chi connectivity index (χ0n) is 17.6. The molecule has 1 N–H and O–H groups in total. The van der Waals surface area contributed by atoms with Crippen molar-refractivity contribution in [3.8, 4) is 11.4 Å². The lowest BCUT2D eigenvalue weighted by Crippen LogP contribution is -2.37. The number of aromatic nitrogens is 2. The third-order valence-electron chi connectivity index (χ3n) is 5.46. The van der Waals surface area contributed by atoms with Gasteiger partial charge in [-0.3, -0.25) is 9.69 Å². The van der Waals surface area contributed by atoms with E-state index in [-0.39, 0.29) is 11.8 Å². The number of nitrogens with zero attached hydrogens (tertiary/aromatic N) is 3. The summed E-state index contributed by atoms with van der Waals surface area (Å²) in [7, 11) is 1.33. The molecule has 0 aliphatic carbocycles. The summed E-state index contributed by atoms with van der Waals surface area (Å²) in [4.78, 5) is 30.8. The number of anilines is 1. The number of likely N-dealkylation sites (tertiary alicyclic amines) is 1. The van der Waals surface area contributed by atoms with Gasteiger partial charge in [-0.2, -0.15) is 4.98 Å². The van der Waals surface area contributed by atoms with E-state index >= 15 is 0 Å². The van der Waals surface area contributed by atoms with Crippen molar-refractivity contribution in [2.45, 2.75) is 19.4 Å². The highest BCUT2D eigenvalue weighted by atomic mass is 35.5. The highest BCUT2D eigenvalue weighted by molar-refractivity contribution is 6.30. The average molecular weight is 455 g/mol. The molecule has 1 aliphatic rings. The largest absolute Gasteiger partial charge is 0.465 e. The van der Waals surface area contributed by atoms with Gasteiger partial charge >= 0.3 is 5.97 Å². The van der Waals surface area contributed by atoms with Crippen molar-refractivity contribution in [3.05, 3.63) is 65.0 Å². The fourth-order valence-electron chi connectivity index (χ4n) is 3.63. The summed E-state index contributed by atoms with van der Waals surface area (Å²) in [5, 5.41) is 7.63. The third-order valence-corrected chi connectivity index (χ3v) is 5.71. The van der Waals surface area contributed by atoms with Gasteiger partial charge in [0.05, 0.1) is 19.2 Å². The van der Waals surface area contributed by atoms with Crippen LogP contribution < -0.4 is 5.32 Å². The maximum atomic E-state index is 12.6. The maximum absolute atomic E-state index is 12.6. The standard InChI is InChI=1S/C23H23ClN4O4/c1-31-23(30)17-4-8-19(9-5-17)25-22(29)16-10-12-28(13-11-16)14-20-26-21(27-32-20)15-2-6-18(24)7-3-15/h2-9,16H,10-14H2,1H3,(H,25,29). The van der Waals surface area contributed by atoms with Gasteiger partial charge in [-0.05, 0) is 74.5 Å². The van der Waals surface area contributed by atoms with E-state index in [2.05, 4.69) is 25.1 Å². The number of nitrogens with one attached hydrogen (secondary N) is 1. The highest BCUT2D eigenvalue weighted by Crippen LogP contribution is 2.23. The van der Waals surface area contributed by atoms with E-state index in [0.717, 1.165) is 31.5 Å². The molecule has 0 radical (unpaired) electrons. The van der Waals surface area contributed by atoms with Crippen LogP contribution in [0.1, 0.15) is 29.1 Å². The van der Waals surface area contributed by atoms with Gasteiger partial charge < -0.3 is 14.6 Å². The molecule has 0 atom stereocenters. The number of rotatable bonds is 6. The maximum Gasteiger partial charge on any atom is 0.337 e. The number of esters is 1. The second-order valence-electron chi connectivity index (χ2n) is 7.63. The Balaban J connectivity index is 1.26. The molecule has 1 aliphatic heterocycles. The quantitative estimate of drug-likeness (QED) is 0.561. The van der Waals surface area contributed by atoms with Crippen LogP contribution in [0.25, 0.3) is 11.4 Å². The van der Waals surface area contributed by atoms with Crippen molar-refractivity contribution in [2.24, 2.45) is 5.92 Å². The lowest BCUT2D eigenvalue weighted by Gasteiger charge is -2.30. The van der Waals surface area contributed by atoms with Crippen molar-refractivity contribution < 1.29 is 18.8 Å². The normalized spacial score (nSPS) is 14.8. The Hall–Kier alpha value is -3.23. The molecule has 3 aromatic rings. The number of amides is 1. The SMILES string of the molecule is COC(=O)c1ccc(NC(=O)C2CCN(Cc3nc(-c4ccc(Cl)cc4)no3)CC2)cc1. The first kappa shape index (κ1) is 22.0. The molecular formula is C23H23ClN4O4. The minimum atomic E-state index is -0.406. The summed E-state index contributed by atoms with van der Waals surface area (Å²) >= 11 is 5.92. The van der Waals surface area contributed by atoms with Gasteiger partial charge in [-0.15, -0.1) is 0 Å². The number of benzene rings is 2. The van der Waals surface area contributed by atoms with E-state index in [4.69, 9.17) is 16.1 Å². The number of ether oxygens (including phenoxy) is 1. The Bertz CT molecular complexity index is 1070. The first-order chi connectivity index (χ1) is 15.5. The molecule has 1 aromatic heterocycles. The molecular weight excluding hydrogens is 432 g/mol. The lowest BCUT2D eigenvalue weighted by molar-refractivity contribution is -0.121. The van der Waals surface area contributed by atoms with Gasteiger partial charge in [0.2, 0.25) is 17.6 Å². The van der Waals surface area contributed by atoms with Crippen LogP contribution in [-0.4, -0.2) is 47.1 Å². The molecule has 8 nitrogen and oxygen atoms in total. The minimum absolute atomic E-state index is 0.0155. The Labute approximate surface area is 190 Å². The number of piperidine rings is 1. The van der Waals surface area contributed by atoms with Gasteiger partial charge in [0.25, 0.3) is 0 Å². The molecule has 9 heteroatoms. The van der Waals surface area contributed by atoms with Crippen LogP contribution in [0.4, 0.5) is 5.69 Å². The predicted molar refractivity (Wildman–Crippen MR) is 119 cm³/mol. The molecule has 4 rings (SSSR count). The molecule has 166 valence electrons. The first-order valence-corrected chi connectivity index (χ1v) is 10.7. The van der Waals surface area contributed by atoms with Crippen LogP contribution in [0.15, 0.2) is 53.1 Å². The Kier molecular flexibility index (Phi) is 6.82. The fourth-order valence-corrected chi connectivity index (χ4v) is 3.76. The van der Waals surface area contributed by atoms with Crippen molar-refractivity contribution in [2.75, 3.05) is 25.5 Å². The molecule has 2 aromatic carbocycles. The Morgan fingerprint density at radius 3 is 2.47 bits per heavy atom. The first-order valence-electron chi connectivity index (χ1n) is 10.3. The van der Waals surface area contributed by atoms with Crippen LogP contribution in [0.3, 0.4) is 0 Å². The van der Waals surface area contributed by atoms with Gasteiger partial charge in [-0.25, -0.2) is 4.79 Å². The van der Waals surface area contributed by atoms with Crippen LogP contribution in [0, 0.1) is 5.92 Å². The monoisotopic (exact) mass is 454 g/mol. The molecule has 0 bridgehead atoms. The Morgan fingerprint density at radius 1 is 1.12 bits per heavy atom. The zero-order valence-corrected chi connectivity index (χ0v) is 18.3. The number of carbonyl (C=O) groups excluding carboxylic acids is 2. The molecule has 32 heavy (non-hydrogen) atoms. The fraction of sp³-hybridized carbons (Fsp3) is 0.304.